The van der Waals surface area contributed by atoms with Gasteiger partial charge >= 0.3 is 0 Å². The summed E-state index contributed by atoms with van der Waals surface area (Å²) in [7, 11) is 0. The first-order valence-electron chi connectivity index (χ1n) is 4.68. The maximum Gasteiger partial charge on any atom is 0.199 e. The predicted octanol–water partition coefficient (Wildman–Crippen LogP) is 3.25. The summed E-state index contributed by atoms with van der Waals surface area (Å²) in [6.07, 6.45) is 2.40. The molecule has 84 valence electrons. The Labute approximate surface area is 115 Å². The Morgan fingerprint density at radius 3 is 2.81 bits per heavy atom. The van der Waals surface area contributed by atoms with E-state index in [1.807, 2.05) is 6.92 Å². The topological polar surface area (TPSA) is 64.9 Å². The standard InChI is InChI=1S/C10H9BrIN3O/c1-2-6-7(12)9(13)15-10(14-6)8-5(11)3-4-16-8/h3-4H,2H2,1H3,(H2,13,14,15). The SMILES string of the molecule is CCc1nc(-c2occc2Br)nc(N)c1I. The van der Waals surface area contributed by atoms with Gasteiger partial charge < -0.3 is 10.2 Å². The van der Waals surface area contributed by atoms with Crippen molar-refractivity contribution in [2.75, 3.05) is 5.73 Å². The van der Waals surface area contributed by atoms with E-state index in [0.29, 0.717) is 17.4 Å². The molecular formula is C10H9BrIN3O. The number of halogens is 2. The third-order valence-corrected chi connectivity index (χ3v) is 3.90. The van der Waals surface area contributed by atoms with Crippen LogP contribution in [0.3, 0.4) is 0 Å². The molecule has 4 nitrogen and oxygen atoms in total. The fourth-order valence-electron chi connectivity index (χ4n) is 1.30. The number of rotatable bonds is 2. The Balaban J connectivity index is 2.59. The highest BCUT2D eigenvalue weighted by atomic mass is 127. The lowest BCUT2D eigenvalue weighted by molar-refractivity contribution is 0.575. The first-order chi connectivity index (χ1) is 7.63. The number of nitrogens with two attached hydrogens (primary N) is 1. The van der Waals surface area contributed by atoms with E-state index < -0.39 is 0 Å². The Bertz CT molecular complexity index is 527. The zero-order chi connectivity index (χ0) is 11.7. The Morgan fingerprint density at radius 2 is 2.25 bits per heavy atom. The molecule has 0 unspecified atom stereocenters. The van der Waals surface area contributed by atoms with Crippen LogP contribution in [0.5, 0.6) is 0 Å². The third-order valence-electron chi connectivity index (χ3n) is 2.10. The minimum absolute atomic E-state index is 0.491. The van der Waals surface area contributed by atoms with Gasteiger partial charge in [0.15, 0.2) is 11.6 Å². The summed E-state index contributed by atoms with van der Waals surface area (Å²) in [6, 6.07) is 1.80. The molecule has 2 aromatic heterocycles. The number of aromatic nitrogens is 2. The minimum Gasteiger partial charge on any atom is -0.460 e. The quantitative estimate of drug-likeness (QED) is 0.795. The van der Waals surface area contributed by atoms with Gasteiger partial charge in [0.2, 0.25) is 0 Å². The van der Waals surface area contributed by atoms with E-state index in [4.69, 9.17) is 10.2 Å². The van der Waals surface area contributed by atoms with Gasteiger partial charge in [-0.25, -0.2) is 9.97 Å². The van der Waals surface area contributed by atoms with E-state index >= 15 is 0 Å². The molecule has 0 saturated heterocycles. The fraction of sp³-hybridized carbons (Fsp3) is 0.200. The van der Waals surface area contributed by atoms with Gasteiger partial charge in [0.05, 0.1) is 20.0 Å². The summed E-state index contributed by atoms with van der Waals surface area (Å²) in [5.41, 5.74) is 6.77. The van der Waals surface area contributed by atoms with Crippen LogP contribution in [0.4, 0.5) is 5.82 Å². The van der Waals surface area contributed by atoms with Gasteiger partial charge in [-0.2, -0.15) is 0 Å². The van der Waals surface area contributed by atoms with Gasteiger partial charge in [0.1, 0.15) is 5.82 Å². The molecule has 2 aromatic rings. The highest BCUT2D eigenvalue weighted by Gasteiger charge is 2.14. The zero-order valence-electron chi connectivity index (χ0n) is 8.50. The molecule has 0 amide bonds. The molecule has 2 N–H and O–H groups in total. The molecule has 0 atom stereocenters. The lowest BCUT2D eigenvalue weighted by Gasteiger charge is -2.05. The first kappa shape index (κ1) is 11.8. The molecule has 0 aliphatic carbocycles. The number of furan rings is 1. The monoisotopic (exact) mass is 393 g/mol. The van der Waals surface area contributed by atoms with Gasteiger partial charge in [-0.15, -0.1) is 0 Å². The van der Waals surface area contributed by atoms with E-state index in [2.05, 4.69) is 48.5 Å². The summed E-state index contributed by atoms with van der Waals surface area (Å²) in [5.74, 6) is 1.62. The van der Waals surface area contributed by atoms with Crippen LogP contribution in [-0.2, 0) is 6.42 Å². The van der Waals surface area contributed by atoms with E-state index in [-0.39, 0.29) is 0 Å². The number of aryl methyl sites for hydroxylation is 1. The normalized spacial score (nSPS) is 10.7. The van der Waals surface area contributed by atoms with E-state index in [1.54, 1.807) is 12.3 Å². The van der Waals surface area contributed by atoms with Crippen molar-refractivity contribution in [2.45, 2.75) is 13.3 Å². The Morgan fingerprint density at radius 1 is 1.50 bits per heavy atom. The molecule has 0 radical (unpaired) electrons. The van der Waals surface area contributed by atoms with Gasteiger partial charge in [-0.1, -0.05) is 6.92 Å². The highest BCUT2D eigenvalue weighted by Crippen LogP contribution is 2.28. The predicted molar refractivity (Wildman–Crippen MR) is 73.9 cm³/mol. The molecular weight excluding hydrogens is 385 g/mol. The molecule has 0 bridgehead atoms. The molecule has 0 aliphatic heterocycles. The average Bonchev–Trinajstić information content (AvgIpc) is 2.68. The Hall–Kier alpha value is -0.630. The van der Waals surface area contributed by atoms with Gasteiger partial charge in [-0.05, 0) is 51.0 Å². The average molecular weight is 394 g/mol. The molecule has 0 aromatic carbocycles. The summed E-state index contributed by atoms with van der Waals surface area (Å²) in [6.45, 7) is 2.03. The number of hydrogen-bond donors (Lipinski definition) is 1. The highest BCUT2D eigenvalue weighted by molar-refractivity contribution is 14.1. The van der Waals surface area contributed by atoms with Crippen LogP contribution in [0.25, 0.3) is 11.6 Å². The van der Waals surface area contributed by atoms with E-state index in [9.17, 15) is 0 Å². The van der Waals surface area contributed by atoms with Crippen molar-refractivity contribution in [2.24, 2.45) is 0 Å². The van der Waals surface area contributed by atoms with Crippen LogP contribution >= 0.6 is 38.5 Å². The number of nitrogens with zero attached hydrogens (tertiary/aromatic N) is 2. The van der Waals surface area contributed by atoms with Crippen molar-refractivity contribution in [3.8, 4) is 11.6 Å². The second kappa shape index (κ2) is 4.70. The van der Waals surface area contributed by atoms with Gasteiger partial charge in [-0.3, -0.25) is 0 Å². The first-order valence-corrected chi connectivity index (χ1v) is 6.56. The second-order valence-corrected chi connectivity index (χ2v) is 5.08. The van der Waals surface area contributed by atoms with Crippen LogP contribution in [0.2, 0.25) is 0 Å². The summed E-state index contributed by atoms with van der Waals surface area (Å²) in [5, 5.41) is 0. The van der Waals surface area contributed by atoms with E-state index in [0.717, 1.165) is 20.2 Å². The van der Waals surface area contributed by atoms with Gasteiger partial charge in [0.25, 0.3) is 0 Å². The van der Waals surface area contributed by atoms with Crippen molar-refractivity contribution in [1.29, 1.82) is 0 Å². The number of hydrogen-bond acceptors (Lipinski definition) is 4. The van der Waals surface area contributed by atoms with Crippen LogP contribution in [-0.4, -0.2) is 9.97 Å². The summed E-state index contributed by atoms with van der Waals surface area (Å²) < 4.78 is 7.05. The smallest absolute Gasteiger partial charge is 0.199 e. The lowest BCUT2D eigenvalue weighted by Crippen LogP contribution is -2.04. The maximum absolute atomic E-state index is 5.84. The van der Waals surface area contributed by atoms with Crippen molar-refractivity contribution in [3.63, 3.8) is 0 Å². The molecule has 6 heteroatoms. The van der Waals surface area contributed by atoms with Crippen LogP contribution in [0.1, 0.15) is 12.6 Å². The van der Waals surface area contributed by atoms with E-state index in [1.165, 1.54) is 0 Å². The van der Waals surface area contributed by atoms with Crippen molar-refractivity contribution in [1.82, 2.24) is 9.97 Å². The Kier molecular flexibility index (Phi) is 3.48. The number of nitrogen functional groups attached to an aromatic ring is 1. The van der Waals surface area contributed by atoms with Crippen LogP contribution in [0, 0.1) is 3.57 Å². The summed E-state index contributed by atoms with van der Waals surface area (Å²) in [4.78, 5) is 8.65. The van der Waals surface area contributed by atoms with Crippen LogP contribution in [0.15, 0.2) is 21.2 Å². The molecule has 0 spiro atoms. The van der Waals surface area contributed by atoms with Crippen molar-refractivity contribution >= 4 is 44.3 Å². The molecule has 2 rings (SSSR count). The largest absolute Gasteiger partial charge is 0.460 e. The zero-order valence-corrected chi connectivity index (χ0v) is 12.2. The minimum atomic E-state index is 0.491. The maximum atomic E-state index is 5.84. The summed E-state index contributed by atoms with van der Waals surface area (Å²) >= 11 is 5.53. The van der Waals surface area contributed by atoms with Crippen molar-refractivity contribution < 1.29 is 4.42 Å². The molecule has 0 aliphatic rings. The molecule has 0 fully saturated rings. The van der Waals surface area contributed by atoms with Crippen molar-refractivity contribution in [3.05, 3.63) is 26.1 Å². The lowest BCUT2D eigenvalue weighted by atomic mass is 10.3. The molecule has 2 heterocycles. The molecule has 0 saturated carbocycles. The third kappa shape index (κ3) is 2.08. The number of anilines is 1. The fourth-order valence-corrected chi connectivity index (χ4v) is 2.30. The van der Waals surface area contributed by atoms with Gasteiger partial charge in [0, 0.05) is 0 Å². The molecule has 16 heavy (non-hydrogen) atoms. The second-order valence-electron chi connectivity index (χ2n) is 3.14. The van der Waals surface area contributed by atoms with Crippen LogP contribution < -0.4 is 5.73 Å².